The largest absolute Gasteiger partial charge is 0.624 e. The Kier molecular flexibility index (Phi) is 0.659. The summed E-state index contributed by atoms with van der Waals surface area (Å²) >= 11 is 0. The molecule has 1 heterocycles. The molecule has 0 N–H and O–H groups in total. The molecule has 40 valence electrons. The van der Waals surface area contributed by atoms with E-state index in [0.29, 0.717) is 0 Å². The first-order chi connectivity index (χ1) is 3.13. The van der Waals surface area contributed by atoms with E-state index in [0.717, 1.165) is 11.2 Å². The first-order valence-corrected chi connectivity index (χ1v) is 2.43. The smallest absolute Gasteiger partial charge is 0.176 e. The highest BCUT2D eigenvalue weighted by molar-refractivity contribution is 5.57. The summed E-state index contributed by atoms with van der Waals surface area (Å²) in [5, 5.41) is 10.4. The monoisotopic (exact) mass is 99.1 g/mol. The number of hydrogen-bond donors (Lipinski definition) is 0. The molecule has 0 aromatic rings. The molecule has 0 atom stereocenters. The van der Waals surface area contributed by atoms with Gasteiger partial charge in [0.05, 0.1) is 6.42 Å². The van der Waals surface area contributed by atoms with E-state index < -0.39 is 0 Å². The number of hydroxylamine groups is 1. The summed E-state index contributed by atoms with van der Waals surface area (Å²) in [5.41, 5.74) is -0.0972. The average Bonchev–Trinajstić information content (AvgIpc) is 1.63. The third kappa shape index (κ3) is 0.501. The number of rotatable bonds is 0. The molecule has 0 aromatic heterocycles. The van der Waals surface area contributed by atoms with Crippen molar-refractivity contribution in [2.24, 2.45) is 0 Å². The van der Waals surface area contributed by atoms with E-state index in [4.69, 9.17) is 0 Å². The normalized spacial score (nSPS) is 25.7. The van der Waals surface area contributed by atoms with E-state index in [2.05, 4.69) is 0 Å². The Labute approximate surface area is 43.0 Å². The minimum absolute atomic E-state index is 0.0972. The summed E-state index contributed by atoms with van der Waals surface area (Å²) < 4.78 is 0.993. The Morgan fingerprint density at radius 3 is 2.14 bits per heavy atom. The summed E-state index contributed by atoms with van der Waals surface area (Å²) in [4.78, 5) is 0. The van der Waals surface area contributed by atoms with Crippen molar-refractivity contribution in [3.63, 3.8) is 0 Å². The van der Waals surface area contributed by atoms with Crippen molar-refractivity contribution in [2.45, 2.75) is 25.8 Å². The zero-order valence-electron chi connectivity index (χ0n) is 4.64. The first kappa shape index (κ1) is 4.62. The van der Waals surface area contributed by atoms with Crippen molar-refractivity contribution in [2.75, 3.05) is 0 Å². The van der Waals surface area contributed by atoms with Crippen LogP contribution in [0.15, 0.2) is 0 Å². The molecule has 1 aliphatic heterocycles. The van der Waals surface area contributed by atoms with Crippen LogP contribution in [0.1, 0.15) is 20.3 Å². The van der Waals surface area contributed by atoms with Gasteiger partial charge in [0.1, 0.15) is 0 Å². The van der Waals surface area contributed by atoms with Gasteiger partial charge in [-0.25, -0.2) is 4.74 Å². The molecule has 0 amide bonds. The van der Waals surface area contributed by atoms with Gasteiger partial charge < -0.3 is 5.21 Å². The maximum atomic E-state index is 10.4. The fourth-order valence-corrected chi connectivity index (χ4v) is 0.531. The fraction of sp³-hybridized carbons (Fsp3) is 0.800. The van der Waals surface area contributed by atoms with Crippen LogP contribution in [0.25, 0.3) is 0 Å². The maximum Gasteiger partial charge on any atom is 0.176 e. The van der Waals surface area contributed by atoms with Crippen LogP contribution < -0.4 is 0 Å². The molecule has 0 aromatic carbocycles. The zero-order chi connectivity index (χ0) is 5.49. The molecule has 0 bridgehead atoms. The maximum absolute atomic E-state index is 10.4. The lowest BCUT2D eigenvalue weighted by Crippen LogP contribution is -2.42. The van der Waals surface area contributed by atoms with Crippen molar-refractivity contribution in [1.82, 2.24) is 0 Å². The Morgan fingerprint density at radius 2 is 2.14 bits per heavy atom. The van der Waals surface area contributed by atoms with Gasteiger partial charge in [-0.1, -0.05) is 0 Å². The predicted molar refractivity (Wildman–Crippen MR) is 28.4 cm³/mol. The predicted octanol–water partition coefficient (Wildman–Crippen LogP) is 0.750. The van der Waals surface area contributed by atoms with Crippen molar-refractivity contribution in [3.05, 3.63) is 5.21 Å². The molecular weight excluding hydrogens is 90.1 g/mol. The molecule has 1 aliphatic rings. The quantitative estimate of drug-likeness (QED) is 0.325. The molecule has 2 nitrogen and oxygen atoms in total. The highest BCUT2D eigenvalue weighted by atomic mass is 16.5. The average molecular weight is 99.1 g/mol. The summed E-state index contributed by atoms with van der Waals surface area (Å²) in [6.45, 7) is 3.86. The van der Waals surface area contributed by atoms with Crippen molar-refractivity contribution in [3.8, 4) is 0 Å². The van der Waals surface area contributed by atoms with E-state index in [1.54, 1.807) is 6.21 Å². The topological polar surface area (TPSA) is 26.1 Å². The van der Waals surface area contributed by atoms with Crippen LogP contribution in [0.2, 0.25) is 0 Å². The lowest BCUT2D eigenvalue weighted by molar-refractivity contribution is -0.563. The van der Waals surface area contributed by atoms with Crippen LogP contribution in [0.3, 0.4) is 0 Å². The summed E-state index contributed by atoms with van der Waals surface area (Å²) in [5.74, 6) is 0. The number of hydrogen-bond acceptors (Lipinski definition) is 1. The van der Waals surface area contributed by atoms with Crippen LogP contribution >= 0.6 is 0 Å². The zero-order valence-corrected chi connectivity index (χ0v) is 4.64. The highest BCUT2D eigenvalue weighted by Gasteiger charge is 2.33. The SMILES string of the molecule is CC1(C)CC=[N+]1[O-]. The molecule has 1 rings (SSSR count). The van der Waals surface area contributed by atoms with E-state index in [1.807, 2.05) is 13.8 Å². The third-order valence-electron chi connectivity index (χ3n) is 1.35. The lowest BCUT2D eigenvalue weighted by atomic mass is 9.97. The van der Waals surface area contributed by atoms with Gasteiger partial charge in [-0.15, -0.1) is 0 Å². The van der Waals surface area contributed by atoms with Gasteiger partial charge in [0.2, 0.25) is 0 Å². The van der Waals surface area contributed by atoms with Crippen molar-refractivity contribution >= 4 is 6.21 Å². The summed E-state index contributed by atoms with van der Waals surface area (Å²) in [6, 6.07) is 0. The molecule has 0 saturated heterocycles. The van der Waals surface area contributed by atoms with Gasteiger partial charge in [-0.2, -0.15) is 0 Å². The van der Waals surface area contributed by atoms with Crippen LogP contribution in [0.4, 0.5) is 0 Å². The first-order valence-electron chi connectivity index (χ1n) is 2.43. The van der Waals surface area contributed by atoms with E-state index in [-0.39, 0.29) is 5.54 Å². The van der Waals surface area contributed by atoms with Crippen molar-refractivity contribution < 1.29 is 4.74 Å². The Morgan fingerprint density at radius 1 is 1.71 bits per heavy atom. The molecular formula is C5H9NO. The van der Waals surface area contributed by atoms with Gasteiger partial charge in [0.15, 0.2) is 11.8 Å². The number of nitrogens with zero attached hydrogens (tertiary/aromatic N) is 1. The minimum atomic E-state index is -0.0972. The standard InChI is InChI=1S/C5H9NO/c1-5(2)3-4-6(5)7/h4H,3H2,1-2H3. The molecule has 0 saturated carbocycles. The van der Waals surface area contributed by atoms with Gasteiger partial charge in [0.25, 0.3) is 0 Å². The molecule has 0 aliphatic carbocycles. The van der Waals surface area contributed by atoms with Gasteiger partial charge in [-0.05, 0) is 0 Å². The van der Waals surface area contributed by atoms with Gasteiger partial charge in [-0.3, -0.25) is 0 Å². The van der Waals surface area contributed by atoms with Gasteiger partial charge >= 0.3 is 0 Å². The van der Waals surface area contributed by atoms with E-state index >= 15 is 0 Å². The molecule has 0 unspecified atom stereocenters. The molecule has 2 heteroatoms. The fourth-order valence-electron chi connectivity index (χ4n) is 0.531. The molecule has 7 heavy (non-hydrogen) atoms. The Hall–Kier alpha value is -0.530. The second kappa shape index (κ2) is 0.997. The summed E-state index contributed by atoms with van der Waals surface area (Å²) in [7, 11) is 0. The Balaban J connectivity index is 2.68. The van der Waals surface area contributed by atoms with Crippen LogP contribution in [0.5, 0.6) is 0 Å². The second-order valence-corrected chi connectivity index (χ2v) is 2.52. The minimum Gasteiger partial charge on any atom is -0.624 e. The van der Waals surface area contributed by atoms with Gasteiger partial charge in [0, 0.05) is 13.8 Å². The van der Waals surface area contributed by atoms with Crippen LogP contribution in [-0.2, 0) is 0 Å². The van der Waals surface area contributed by atoms with Crippen molar-refractivity contribution in [1.29, 1.82) is 0 Å². The molecule has 0 spiro atoms. The lowest BCUT2D eigenvalue weighted by Gasteiger charge is -2.28. The summed E-state index contributed by atoms with van der Waals surface area (Å²) in [6.07, 6.45) is 2.58. The van der Waals surface area contributed by atoms with Crippen LogP contribution in [0, 0.1) is 5.21 Å². The van der Waals surface area contributed by atoms with E-state index in [9.17, 15) is 5.21 Å². The van der Waals surface area contributed by atoms with Crippen LogP contribution in [-0.4, -0.2) is 16.5 Å². The highest BCUT2D eigenvalue weighted by Crippen LogP contribution is 2.18. The molecule has 0 radical (unpaired) electrons. The second-order valence-electron chi connectivity index (χ2n) is 2.52. The Bertz CT molecular complexity index is 115. The third-order valence-corrected chi connectivity index (χ3v) is 1.35. The van der Waals surface area contributed by atoms with E-state index in [1.165, 1.54) is 0 Å². The molecule has 0 fully saturated rings.